The maximum Gasteiger partial charge on any atom is 0.341 e. The van der Waals surface area contributed by atoms with Gasteiger partial charge in [0.2, 0.25) is 5.91 Å². The molecule has 21 heavy (non-hydrogen) atoms. The van der Waals surface area contributed by atoms with Crippen LogP contribution in [-0.2, 0) is 16.0 Å². The maximum atomic E-state index is 11.8. The molecule has 1 aliphatic carbocycles. The zero-order chi connectivity index (χ0) is 15.2. The van der Waals surface area contributed by atoms with Crippen molar-refractivity contribution in [1.82, 2.24) is 5.32 Å². The smallest absolute Gasteiger partial charge is 0.341 e. The molecular weight excluding hydrogens is 270 g/mol. The van der Waals surface area contributed by atoms with Crippen molar-refractivity contribution in [2.45, 2.75) is 26.2 Å². The number of carboxylic acid groups (broad SMARTS) is 1. The van der Waals surface area contributed by atoms with Gasteiger partial charge in [-0.05, 0) is 42.9 Å². The lowest BCUT2D eigenvalue weighted by atomic mass is 10.1. The predicted molar refractivity (Wildman–Crippen MR) is 78.2 cm³/mol. The maximum absolute atomic E-state index is 11.8. The zero-order valence-corrected chi connectivity index (χ0v) is 12.2. The summed E-state index contributed by atoms with van der Waals surface area (Å²) in [6.07, 6.45) is 3.10. The van der Waals surface area contributed by atoms with E-state index < -0.39 is 5.97 Å². The summed E-state index contributed by atoms with van der Waals surface area (Å²) in [7, 11) is 0. The molecule has 0 aliphatic heterocycles. The van der Waals surface area contributed by atoms with Crippen LogP contribution in [0.15, 0.2) is 24.3 Å². The van der Waals surface area contributed by atoms with Gasteiger partial charge in [-0.25, -0.2) is 4.79 Å². The summed E-state index contributed by atoms with van der Waals surface area (Å²) in [5.41, 5.74) is 1.08. The van der Waals surface area contributed by atoms with Gasteiger partial charge in [-0.15, -0.1) is 0 Å². The number of benzene rings is 1. The third-order valence-electron chi connectivity index (χ3n) is 3.74. The van der Waals surface area contributed by atoms with E-state index in [0.717, 1.165) is 12.0 Å². The van der Waals surface area contributed by atoms with Crippen molar-refractivity contribution in [3.63, 3.8) is 0 Å². The van der Waals surface area contributed by atoms with E-state index in [1.54, 1.807) is 12.1 Å². The average Bonchev–Trinajstić information content (AvgIpc) is 3.30. The standard InChI is InChI=1S/C16H21NO4/c1-11(13-4-5-13)16(20)17-9-8-12-2-6-14(7-3-12)21-10-15(18)19/h2-3,6-7,11,13H,4-5,8-10H2,1H3,(H,17,20)(H,18,19). The van der Waals surface area contributed by atoms with Gasteiger partial charge in [-0.2, -0.15) is 0 Å². The van der Waals surface area contributed by atoms with Crippen LogP contribution in [0, 0.1) is 11.8 Å². The molecule has 114 valence electrons. The van der Waals surface area contributed by atoms with E-state index in [0.29, 0.717) is 18.2 Å². The van der Waals surface area contributed by atoms with Crippen molar-refractivity contribution in [2.75, 3.05) is 13.2 Å². The van der Waals surface area contributed by atoms with Crippen molar-refractivity contribution in [3.05, 3.63) is 29.8 Å². The first-order valence-corrected chi connectivity index (χ1v) is 7.27. The number of carbonyl (C=O) groups is 2. The van der Waals surface area contributed by atoms with Crippen LogP contribution >= 0.6 is 0 Å². The first kappa shape index (κ1) is 15.4. The molecule has 1 aromatic carbocycles. The van der Waals surface area contributed by atoms with Gasteiger partial charge in [0.25, 0.3) is 0 Å². The van der Waals surface area contributed by atoms with Gasteiger partial charge < -0.3 is 15.2 Å². The van der Waals surface area contributed by atoms with Crippen LogP contribution in [0.5, 0.6) is 5.75 Å². The van der Waals surface area contributed by atoms with Crippen LogP contribution in [0.4, 0.5) is 0 Å². The minimum Gasteiger partial charge on any atom is -0.482 e. The van der Waals surface area contributed by atoms with E-state index in [1.165, 1.54) is 12.8 Å². The number of aliphatic carboxylic acids is 1. The van der Waals surface area contributed by atoms with Crippen LogP contribution in [0.2, 0.25) is 0 Å². The quantitative estimate of drug-likeness (QED) is 0.766. The average molecular weight is 291 g/mol. The van der Waals surface area contributed by atoms with E-state index in [4.69, 9.17) is 9.84 Å². The topological polar surface area (TPSA) is 75.6 Å². The third-order valence-corrected chi connectivity index (χ3v) is 3.74. The highest BCUT2D eigenvalue weighted by molar-refractivity contribution is 5.78. The number of ether oxygens (including phenoxy) is 1. The highest BCUT2D eigenvalue weighted by Crippen LogP contribution is 2.36. The van der Waals surface area contributed by atoms with E-state index in [2.05, 4.69) is 5.32 Å². The molecule has 1 aliphatic rings. The Morgan fingerprint density at radius 2 is 2.00 bits per heavy atom. The van der Waals surface area contributed by atoms with Crippen molar-refractivity contribution < 1.29 is 19.4 Å². The van der Waals surface area contributed by atoms with E-state index >= 15 is 0 Å². The molecule has 1 aromatic rings. The Morgan fingerprint density at radius 3 is 2.57 bits per heavy atom. The molecule has 1 fully saturated rings. The lowest BCUT2D eigenvalue weighted by Crippen LogP contribution is -2.31. The summed E-state index contributed by atoms with van der Waals surface area (Å²) in [5, 5.41) is 11.5. The first-order valence-electron chi connectivity index (χ1n) is 7.27. The molecule has 0 bridgehead atoms. The SMILES string of the molecule is CC(C(=O)NCCc1ccc(OCC(=O)O)cc1)C1CC1. The second-order valence-corrected chi connectivity index (χ2v) is 5.49. The van der Waals surface area contributed by atoms with Crippen LogP contribution in [0.25, 0.3) is 0 Å². The van der Waals surface area contributed by atoms with Crippen molar-refractivity contribution in [3.8, 4) is 5.75 Å². The first-order chi connectivity index (χ1) is 10.1. The van der Waals surface area contributed by atoms with Gasteiger partial charge in [0.15, 0.2) is 6.61 Å². The Morgan fingerprint density at radius 1 is 1.33 bits per heavy atom. The van der Waals surface area contributed by atoms with Crippen LogP contribution in [0.1, 0.15) is 25.3 Å². The van der Waals surface area contributed by atoms with Crippen LogP contribution in [-0.4, -0.2) is 30.1 Å². The number of carboxylic acids is 1. The van der Waals surface area contributed by atoms with Gasteiger partial charge in [0.05, 0.1) is 0 Å². The summed E-state index contributed by atoms with van der Waals surface area (Å²) in [6.45, 7) is 2.27. The lowest BCUT2D eigenvalue weighted by molar-refractivity contribution is -0.139. The number of amides is 1. The van der Waals surface area contributed by atoms with Crippen LogP contribution in [0.3, 0.4) is 0 Å². The molecule has 2 rings (SSSR count). The van der Waals surface area contributed by atoms with Crippen molar-refractivity contribution in [2.24, 2.45) is 11.8 Å². The highest BCUT2D eigenvalue weighted by Gasteiger charge is 2.32. The van der Waals surface area contributed by atoms with Gasteiger partial charge in [-0.1, -0.05) is 19.1 Å². The molecule has 0 aromatic heterocycles. The molecule has 0 spiro atoms. The van der Waals surface area contributed by atoms with Gasteiger partial charge in [-0.3, -0.25) is 4.79 Å². The normalized spacial score (nSPS) is 15.3. The fourth-order valence-electron chi connectivity index (χ4n) is 2.20. The summed E-state index contributed by atoms with van der Waals surface area (Å²) in [4.78, 5) is 22.2. The van der Waals surface area contributed by atoms with Gasteiger partial charge in [0, 0.05) is 12.5 Å². The Bertz CT molecular complexity index is 494. The Balaban J connectivity index is 1.70. The van der Waals surface area contributed by atoms with E-state index in [1.807, 2.05) is 19.1 Å². The van der Waals surface area contributed by atoms with Gasteiger partial charge >= 0.3 is 5.97 Å². The second-order valence-electron chi connectivity index (χ2n) is 5.49. The Kier molecular flexibility index (Phi) is 5.20. The monoisotopic (exact) mass is 291 g/mol. The molecule has 5 nitrogen and oxygen atoms in total. The van der Waals surface area contributed by atoms with Crippen molar-refractivity contribution >= 4 is 11.9 Å². The number of carbonyl (C=O) groups excluding carboxylic acids is 1. The molecule has 2 N–H and O–H groups in total. The molecule has 1 atom stereocenters. The van der Waals surface area contributed by atoms with E-state index in [9.17, 15) is 9.59 Å². The minimum atomic E-state index is -0.994. The second kappa shape index (κ2) is 7.11. The lowest BCUT2D eigenvalue weighted by Gasteiger charge is -2.11. The fraction of sp³-hybridized carbons (Fsp3) is 0.500. The molecule has 1 saturated carbocycles. The Hall–Kier alpha value is -2.04. The number of nitrogens with one attached hydrogen (secondary N) is 1. The number of hydrogen-bond acceptors (Lipinski definition) is 3. The summed E-state index contributed by atoms with van der Waals surface area (Å²) < 4.78 is 5.06. The summed E-state index contributed by atoms with van der Waals surface area (Å²) >= 11 is 0. The minimum absolute atomic E-state index is 0.122. The molecule has 0 saturated heterocycles. The summed E-state index contributed by atoms with van der Waals surface area (Å²) in [6, 6.07) is 7.25. The fourth-order valence-corrected chi connectivity index (χ4v) is 2.20. The predicted octanol–water partition coefficient (Wildman–Crippen LogP) is 1.85. The van der Waals surface area contributed by atoms with Crippen LogP contribution < -0.4 is 10.1 Å². The number of hydrogen-bond donors (Lipinski definition) is 2. The molecule has 1 amide bonds. The highest BCUT2D eigenvalue weighted by atomic mass is 16.5. The number of rotatable bonds is 8. The van der Waals surface area contributed by atoms with Gasteiger partial charge in [0.1, 0.15) is 5.75 Å². The summed E-state index contributed by atoms with van der Waals surface area (Å²) in [5.74, 6) is 0.380. The third kappa shape index (κ3) is 5.10. The molecular formula is C16H21NO4. The largest absolute Gasteiger partial charge is 0.482 e. The molecule has 0 heterocycles. The zero-order valence-electron chi connectivity index (χ0n) is 12.2. The molecule has 5 heteroatoms. The van der Waals surface area contributed by atoms with Crippen molar-refractivity contribution in [1.29, 1.82) is 0 Å². The Labute approximate surface area is 124 Å². The van der Waals surface area contributed by atoms with E-state index in [-0.39, 0.29) is 18.4 Å². The molecule has 0 radical (unpaired) electrons. The molecule has 1 unspecified atom stereocenters.